The van der Waals surface area contributed by atoms with Crippen molar-refractivity contribution in [3.63, 3.8) is 0 Å². The van der Waals surface area contributed by atoms with Gasteiger partial charge in [-0.1, -0.05) is 12.1 Å². The second kappa shape index (κ2) is 8.21. The molecule has 3 heterocycles. The fraction of sp³-hybridized carbons (Fsp3) is 0.400. The fourth-order valence-electron chi connectivity index (χ4n) is 4.63. The number of nitrogens with zero attached hydrogens (tertiary/aromatic N) is 4. The molecule has 0 unspecified atom stereocenters. The van der Waals surface area contributed by atoms with Crippen LogP contribution in [0.2, 0.25) is 0 Å². The highest BCUT2D eigenvalue weighted by atomic mass is 35.5. The van der Waals surface area contributed by atoms with Crippen LogP contribution in [0.1, 0.15) is 30.9 Å². The molecule has 2 aliphatic rings. The van der Waals surface area contributed by atoms with Gasteiger partial charge < -0.3 is 9.64 Å². The molecule has 0 amide bonds. The van der Waals surface area contributed by atoms with Crippen molar-refractivity contribution in [1.82, 2.24) is 14.5 Å². The van der Waals surface area contributed by atoms with E-state index in [2.05, 4.69) is 76.5 Å². The first-order valence-corrected chi connectivity index (χ1v) is 11.6. The predicted molar refractivity (Wildman–Crippen MR) is 127 cm³/mol. The number of fused-ring (bicyclic) bond motifs is 3. The van der Waals surface area contributed by atoms with E-state index in [0.29, 0.717) is 18.5 Å². The van der Waals surface area contributed by atoms with Crippen molar-refractivity contribution in [2.75, 3.05) is 31.1 Å². The first-order valence-electron chi connectivity index (χ1n) is 11.0. The van der Waals surface area contributed by atoms with Crippen molar-refractivity contribution in [3.05, 3.63) is 59.7 Å². The van der Waals surface area contributed by atoms with E-state index in [9.17, 15) is 0 Å². The Morgan fingerprint density at radius 3 is 2.48 bits per heavy atom. The van der Waals surface area contributed by atoms with Crippen LogP contribution in [0.25, 0.3) is 16.8 Å². The van der Waals surface area contributed by atoms with E-state index in [1.54, 1.807) is 0 Å². The number of alkyl halides is 1. The zero-order chi connectivity index (χ0) is 21.5. The summed E-state index contributed by atoms with van der Waals surface area (Å²) >= 11 is 5.98. The standard InChI is InChI=1S/C25H29ClN4O/c1-17(2)28-8-10-29(11-9-28)21-6-4-19(5-7-21)22-13-24-23(12-18(22)3)30-15-20(14-26)27-25(30)16-31-24/h4-7,12-13,15,17H,8-11,14,16H2,1-3H3. The first kappa shape index (κ1) is 20.4. The minimum Gasteiger partial charge on any atom is -0.483 e. The van der Waals surface area contributed by atoms with Gasteiger partial charge in [0.25, 0.3) is 0 Å². The molecular weight excluding hydrogens is 408 g/mol. The molecule has 1 saturated heterocycles. The zero-order valence-corrected chi connectivity index (χ0v) is 19.2. The molecule has 0 radical (unpaired) electrons. The molecule has 0 atom stereocenters. The molecular formula is C25H29ClN4O. The lowest BCUT2D eigenvalue weighted by Crippen LogP contribution is -2.48. The van der Waals surface area contributed by atoms with Gasteiger partial charge in [0.1, 0.15) is 12.4 Å². The number of hydrogen-bond donors (Lipinski definition) is 0. The van der Waals surface area contributed by atoms with Crippen LogP contribution in [0.4, 0.5) is 5.69 Å². The van der Waals surface area contributed by atoms with E-state index in [1.165, 1.54) is 22.4 Å². The summed E-state index contributed by atoms with van der Waals surface area (Å²) in [7, 11) is 0. The van der Waals surface area contributed by atoms with Gasteiger partial charge in [0.05, 0.1) is 17.3 Å². The van der Waals surface area contributed by atoms with Crippen LogP contribution in [0.15, 0.2) is 42.6 Å². The molecule has 6 heteroatoms. The molecule has 1 fully saturated rings. The van der Waals surface area contributed by atoms with Crippen molar-refractivity contribution in [2.24, 2.45) is 0 Å². The van der Waals surface area contributed by atoms with Crippen LogP contribution >= 0.6 is 11.6 Å². The Hall–Kier alpha value is -2.50. The second-order valence-corrected chi connectivity index (χ2v) is 9.01. The minimum absolute atomic E-state index is 0.408. The second-order valence-electron chi connectivity index (χ2n) is 8.74. The van der Waals surface area contributed by atoms with Gasteiger partial charge in [-0.2, -0.15) is 0 Å². The summed E-state index contributed by atoms with van der Waals surface area (Å²) in [6.07, 6.45) is 2.01. The lowest BCUT2D eigenvalue weighted by atomic mass is 9.98. The van der Waals surface area contributed by atoms with Gasteiger partial charge in [0, 0.05) is 44.1 Å². The largest absolute Gasteiger partial charge is 0.483 e. The number of imidazole rings is 1. The lowest BCUT2D eigenvalue weighted by Gasteiger charge is -2.38. The van der Waals surface area contributed by atoms with Crippen LogP contribution < -0.4 is 9.64 Å². The van der Waals surface area contributed by atoms with Crippen molar-refractivity contribution in [3.8, 4) is 22.6 Å². The normalized spacial score (nSPS) is 16.2. The van der Waals surface area contributed by atoms with Gasteiger partial charge in [0.2, 0.25) is 0 Å². The molecule has 2 aromatic carbocycles. The lowest BCUT2D eigenvalue weighted by molar-refractivity contribution is 0.209. The topological polar surface area (TPSA) is 33.5 Å². The highest BCUT2D eigenvalue weighted by molar-refractivity contribution is 6.16. The molecule has 0 spiro atoms. The molecule has 5 rings (SSSR count). The number of rotatable bonds is 4. The summed E-state index contributed by atoms with van der Waals surface area (Å²) in [5.41, 5.74) is 6.85. The third kappa shape index (κ3) is 3.81. The number of halogens is 1. The molecule has 0 aliphatic carbocycles. The SMILES string of the molecule is Cc1cc2c(cc1-c1ccc(N3CCN(C(C)C)CC3)cc1)OCc1nc(CCl)cn1-2. The highest BCUT2D eigenvalue weighted by Gasteiger charge is 2.22. The van der Waals surface area contributed by atoms with Crippen LogP contribution in [-0.4, -0.2) is 46.7 Å². The summed E-state index contributed by atoms with van der Waals surface area (Å²) in [6.45, 7) is 11.6. The Labute approximate surface area is 189 Å². The first-order chi connectivity index (χ1) is 15.0. The number of ether oxygens (including phenoxy) is 1. The Morgan fingerprint density at radius 2 is 1.81 bits per heavy atom. The van der Waals surface area contributed by atoms with E-state index in [1.807, 2.05) is 6.20 Å². The van der Waals surface area contributed by atoms with E-state index in [0.717, 1.165) is 49.1 Å². The Balaban J connectivity index is 1.39. The Bertz CT molecular complexity index is 1080. The molecule has 31 heavy (non-hydrogen) atoms. The Kier molecular flexibility index (Phi) is 5.40. The monoisotopic (exact) mass is 436 g/mol. The summed E-state index contributed by atoms with van der Waals surface area (Å²) in [5, 5.41) is 0. The van der Waals surface area contributed by atoms with Gasteiger partial charge in [-0.05, 0) is 61.7 Å². The predicted octanol–water partition coefficient (Wildman–Crippen LogP) is 5.01. The molecule has 3 aromatic rings. The molecule has 1 aromatic heterocycles. The average Bonchev–Trinajstić information content (AvgIpc) is 3.23. The van der Waals surface area contributed by atoms with Crippen molar-refractivity contribution in [2.45, 2.75) is 39.3 Å². The summed E-state index contributed by atoms with van der Waals surface area (Å²) in [6, 6.07) is 13.9. The summed E-state index contributed by atoms with van der Waals surface area (Å²) < 4.78 is 8.14. The van der Waals surface area contributed by atoms with Gasteiger partial charge in [-0.25, -0.2) is 4.98 Å². The third-order valence-corrected chi connectivity index (χ3v) is 6.75. The van der Waals surface area contributed by atoms with Gasteiger partial charge in [-0.15, -0.1) is 11.6 Å². The Morgan fingerprint density at radius 1 is 1.06 bits per heavy atom. The zero-order valence-electron chi connectivity index (χ0n) is 18.4. The maximum atomic E-state index is 6.03. The van der Waals surface area contributed by atoms with E-state index >= 15 is 0 Å². The number of piperazine rings is 1. The van der Waals surface area contributed by atoms with Crippen molar-refractivity contribution >= 4 is 17.3 Å². The highest BCUT2D eigenvalue weighted by Crippen LogP contribution is 2.37. The molecule has 0 bridgehead atoms. The maximum absolute atomic E-state index is 6.03. The minimum atomic E-state index is 0.408. The van der Waals surface area contributed by atoms with Gasteiger partial charge >= 0.3 is 0 Å². The van der Waals surface area contributed by atoms with Crippen LogP contribution in [0.3, 0.4) is 0 Å². The maximum Gasteiger partial charge on any atom is 0.151 e. The number of benzene rings is 2. The molecule has 162 valence electrons. The molecule has 0 N–H and O–H groups in total. The van der Waals surface area contributed by atoms with E-state index in [-0.39, 0.29) is 0 Å². The average molecular weight is 437 g/mol. The quantitative estimate of drug-likeness (QED) is 0.538. The molecule has 0 saturated carbocycles. The number of anilines is 1. The van der Waals surface area contributed by atoms with Crippen molar-refractivity contribution < 1.29 is 4.74 Å². The number of hydrogen-bond acceptors (Lipinski definition) is 4. The number of aromatic nitrogens is 2. The van der Waals surface area contributed by atoms with Gasteiger partial charge in [-0.3, -0.25) is 9.47 Å². The third-order valence-electron chi connectivity index (χ3n) is 6.48. The fourth-order valence-corrected chi connectivity index (χ4v) is 4.75. The molecule has 5 nitrogen and oxygen atoms in total. The van der Waals surface area contributed by atoms with Crippen molar-refractivity contribution in [1.29, 1.82) is 0 Å². The van der Waals surface area contributed by atoms with E-state index < -0.39 is 0 Å². The molecule has 2 aliphatic heterocycles. The summed E-state index contributed by atoms with van der Waals surface area (Å²) in [4.78, 5) is 9.58. The van der Waals surface area contributed by atoms with Crippen LogP contribution in [0.5, 0.6) is 5.75 Å². The number of aryl methyl sites for hydroxylation is 1. The summed E-state index contributed by atoms with van der Waals surface area (Å²) in [5.74, 6) is 2.20. The smallest absolute Gasteiger partial charge is 0.151 e. The van der Waals surface area contributed by atoms with Crippen LogP contribution in [0, 0.1) is 6.92 Å². The van der Waals surface area contributed by atoms with E-state index in [4.69, 9.17) is 16.3 Å². The van der Waals surface area contributed by atoms with Gasteiger partial charge in [0.15, 0.2) is 5.82 Å². The van der Waals surface area contributed by atoms with Crippen LogP contribution in [-0.2, 0) is 12.5 Å².